The number of rotatable bonds is 5. The summed E-state index contributed by atoms with van der Waals surface area (Å²) in [5.74, 6) is -0.340. The Morgan fingerprint density at radius 2 is 2.21 bits per heavy atom. The molecule has 0 unspecified atom stereocenters. The average molecular weight is 257 g/mol. The van der Waals surface area contributed by atoms with Crippen LogP contribution in [0.4, 0.5) is 4.39 Å². The highest BCUT2D eigenvalue weighted by molar-refractivity contribution is 5.69. The minimum atomic E-state index is -0.340. The van der Waals surface area contributed by atoms with Crippen LogP contribution in [0.1, 0.15) is 31.7 Å². The van der Waals surface area contributed by atoms with E-state index < -0.39 is 0 Å². The minimum Gasteiger partial charge on any atom is -0.272 e. The zero-order chi connectivity index (χ0) is 13.7. The summed E-state index contributed by atoms with van der Waals surface area (Å²) in [5.41, 5.74) is 1.85. The van der Waals surface area contributed by atoms with Gasteiger partial charge in [0, 0.05) is 23.9 Å². The average Bonchev–Trinajstić information content (AvgIpc) is 2.88. The highest BCUT2D eigenvalue weighted by Crippen LogP contribution is 2.24. The predicted molar refractivity (Wildman–Crippen MR) is 71.9 cm³/mol. The first-order valence-corrected chi connectivity index (χ1v) is 6.47. The molecule has 0 saturated heterocycles. The third-order valence-electron chi connectivity index (χ3n) is 3.04. The van der Waals surface area contributed by atoms with Crippen molar-refractivity contribution in [3.05, 3.63) is 42.0 Å². The molecule has 0 spiro atoms. The zero-order valence-electron chi connectivity index (χ0n) is 10.9. The Morgan fingerprint density at radius 1 is 1.37 bits per heavy atom. The molecule has 0 N–H and O–H groups in total. The highest BCUT2D eigenvalue weighted by atomic mass is 19.1. The lowest BCUT2D eigenvalue weighted by Gasteiger charge is -2.01. The fraction of sp³-hybridized carbons (Fsp3) is 0.333. The third kappa shape index (κ3) is 3.19. The van der Waals surface area contributed by atoms with E-state index in [4.69, 9.17) is 5.26 Å². The number of halogens is 1. The number of nitrogens with zero attached hydrogens (tertiary/aromatic N) is 3. The SMILES string of the molecule is CCCCCn1cc(-c2cc(F)ccc2C#N)cn1. The van der Waals surface area contributed by atoms with E-state index in [-0.39, 0.29) is 5.82 Å². The van der Waals surface area contributed by atoms with Gasteiger partial charge in [-0.25, -0.2) is 4.39 Å². The Balaban J connectivity index is 2.23. The summed E-state index contributed by atoms with van der Waals surface area (Å²) in [4.78, 5) is 0. The van der Waals surface area contributed by atoms with E-state index in [2.05, 4.69) is 18.1 Å². The largest absolute Gasteiger partial charge is 0.272 e. The van der Waals surface area contributed by atoms with Crippen LogP contribution in [0.15, 0.2) is 30.6 Å². The van der Waals surface area contributed by atoms with Gasteiger partial charge in [-0.15, -0.1) is 0 Å². The van der Waals surface area contributed by atoms with Crippen LogP contribution in [0.5, 0.6) is 0 Å². The third-order valence-corrected chi connectivity index (χ3v) is 3.04. The Kier molecular flexibility index (Phi) is 4.30. The summed E-state index contributed by atoms with van der Waals surface area (Å²) in [6.07, 6.45) is 6.95. The maximum atomic E-state index is 13.3. The second-order valence-corrected chi connectivity index (χ2v) is 4.50. The minimum absolute atomic E-state index is 0.340. The molecule has 0 saturated carbocycles. The smallest absolute Gasteiger partial charge is 0.123 e. The Morgan fingerprint density at radius 3 is 2.95 bits per heavy atom. The van der Waals surface area contributed by atoms with Gasteiger partial charge in [-0.1, -0.05) is 19.8 Å². The fourth-order valence-electron chi connectivity index (χ4n) is 2.00. The first kappa shape index (κ1) is 13.3. The molecule has 0 aliphatic carbocycles. The van der Waals surface area contributed by atoms with E-state index in [1.165, 1.54) is 24.6 Å². The summed E-state index contributed by atoms with van der Waals surface area (Å²) >= 11 is 0. The molecule has 1 aromatic carbocycles. The van der Waals surface area contributed by atoms with Crippen molar-refractivity contribution < 1.29 is 4.39 Å². The quantitative estimate of drug-likeness (QED) is 0.765. The van der Waals surface area contributed by atoms with Crippen LogP contribution in [0.3, 0.4) is 0 Å². The van der Waals surface area contributed by atoms with Crippen molar-refractivity contribution in [2.45, 2.75) is 32.7 Å². The Labute approximate surface area is 112 Å². The van der Waals surface area contributed by atoms with Crippen LogP contribution in [-0.4, -0.2) is 9.78 Å². The monoisotopic (exact) mass is 257 g/mol. The lowest BCUT2D eigenvalue weighted by molar-refractivity contribution is 0.553. The van der Waals surface area contributed by atoms with Gasteiger partial charge in [-0.05, 0) is 24.6 Å². The second-order valence-electron chi connectivity index (χ2n) is 4.50. The standard InChI is InChI=1S/C15H16FN3/c1-2-3-4-7-19-11-13(10-18-19)15-8-14(16)6-5-12(15)9-17/h5-6,8,10-11H,2-4,7H2,1H3. The molecule has 1 aromatic heterocycles. The molecule has 4 heteroatoms. The van der Waals surface area contributed by atoms with Crippen molar-refractivity contribution in [2.24, 2.45) is 0 Å². The van der Waals surface area contributed by atoms with E-state index in [1.807, 2.05) is 10.9 Å². The number of nitriles is 1. The molecule has 0 bridgehead atoms. The molecule has 3 nitrogen and oxygen atoms in total. The van der Waals surface area contributed by atoms with Crippen molar-refractivity contribution >= 4 is 0 Å². The molecule has 1 heterocycles. The molecule has 0 atom stereocenters. The first-order valence-electron chi connectivity index (χ1n) is 6.47. The molecule has 0 amide bonds. The summed E-state index contributed by atoms with van der Waals surface area (Å²) < 4.78 is 15.1. The first-order chi connectivity index (χ1) is 9.24. The molecular weight excluding hydrogens is 241 g/mol. The van der Waals surface area contributed by atoms with Gasteiger partial charge in [0.05, 0.1) is 17.8 Å². The molecule has 2 aromatic rings. The number of aromatic nitrogens is 2. The van der Waals surface area contributed by atoms with Gasteiger partial charge in [0.2, 0.25) is 0 Å². The van der Waals surface area contributed by atoms with Gasteiger partial charge in [0.25, 0.3) is 0 Å². The number of hydrogen-bond donors (Lipinski definition) is 0. The van der Waals surface area contributed by atoms with Gasteiger partial charge in [-0.2, -0.15) is 10.4 Å². The second kappa shape index (κ2) is 6.14. The normalized spacial score (nSPS) is 10.4. The molecule has 98 valence electrons. The van der Waals surface area contributed by atoms with Gasteiger partial charge >= 0.3 is 0 Å². The fourth-order valence-corrected chi connectivity index (χ4v) is 2.00. The summed E-state index contributed by atoms with van der Waals surface area (Å²) in [6, 6.07) is 6.26. The van der Waals surface area contributed by atoms with E-state index in [1.54, 1.807) is 6.20 Å². The number of benzene rings is 1. The van der Waals surface area contributed by atoms with Crippen molar-refractivity contribution in [2.75, 3.05) is 0 Å². The maximum absolute atomic E-state index is 13.3. The molecule has 2 rings (SSSR count). The van der Waals surface area contributed by atoms with Crippen LogP contribution < -0.4 is 0 Å². The lowest BCUT2D eigenvalue weighted by Crippen LogP contribution is -1.97. The van der Waals surface area contributed by atoms with E-state index >= 15 is 0 Å². The van der Waals surface area contributed by atoms with Crippen LogP contribution in [0.25, 0.3) is 11.1 Å². The molecular formula is C15H16FN3. The van der Waals surface area contributed by atoms with Crippen molar-refractivity contribution in [3.8, 4) is 17.2 Å². The molecule has 0 fully saturated rings. The van der Waals surface area contributed by atoms with Crippen molar-refractivity contribution in [1.82, 2.24) is 9.78 Å². The number of unbranched alkanes of at least 4 members (excludes halogenated alkanes) is 2. The van der Waals surface area contributed by atoms with Gasteiger partial charge in [-0.3, -0.25) is 4.68 Å². The lowest BCUT2D eigenvalue weighted by atomic mass is 10.0. The predicted octanol–water partition coefficient (Wildman–Crippen LogP) is 3.75. The summed E-state index contributed by atoms with van der Waals surface area (Å²) in [5, 5.41) is 13.3. The zero-order valence-corrected chi connectivity index (χ0v) is 10.9. The number of hydrogen-bond acceptors (Lipinski definition) is 2. The van der Waals surface area contributed by atoms with Gasteiger partial charge < -0.3 is 0 Å². The maximum Gasteiger partial charge on any atom is 0.123 e. The van der Waals surface area contributed by atoms with Crippen LogP contribution in [-0.2, 0) is 6.54 Å². The van der Waals surface area contributed by atoms with E-state index in [9.17, 15) is 4.39 Å². The molecule has 0 aliphatic heterocycles. The highest BCUT2D eigenvalue weighted by Gasteiger charge is 2.08. The Hall–Kier alpha value is -2.15. The Bertz CT molecular complexity index is 596. The number of aryl methyl sites for hydroxylation is 1. The summed E-state index contributed by atoms with van der Waals surface area (Å²) in [7, 11) is 0. The summed E-state index contributed by atoms with van der Waals surface area (Å²) in [6.45, 7) is 3.01. The molecule has 0 radical (unpaired) electrons. The van der Waals surface area contributed by atoms with Crippen LogP contribution in [0, 0.1) is 17.1 Å². The van der Waals surface area contributed by atoms with Crippen molar-refractivity contribution in [1.29, 1.82) is 5.26 Å². The van der Waals surface area contributed by atoms with Gasteiger partial charge in [0.15, 0.2) is 0 Å². The molecule has 19 heavy (non-hydrogen) atoms. The van der Waals surface area contributed by atoms with Gasteiger partial charge in [0.1, 0.15) is 5.82 Å². The van der Waals surface area contributed by atoms with E-state index in [0.29, 0.717) is 11.1 Å². The van der Waals surface area contributed by atoms with Crippen LogP contribution in [0.2, 0.25) is 0 Å². The van der Waals surface area contributed by atoms with Crippen molar-refractivity contribution in [3.63, 3.8) is 0 Å². The topological polar surface area (TPSA) is 41.6 Å². The van der Waals surface area contributed by atoms with Crippen LogP contribution >= 0.6 is 0 Å². The van der Waals surface area contributed by atoms with E-state index in [0.717, 1.165) is 24.9 Å². The molecule has 0 aliphatic rings.